The maximum atomic E-state index is 12.6. The fourth-order valence-corrected chi connectivity index (χ4v) is 4.21. The van der Waals surface area contributed by atoms with Crippen LogP contribution in [0.5, 0.6) is 0 Å². The second-order valence-corrected chi connectivity index (χ2v) is 7.33. The largest absolute Gasteiger partial charge is 0.397 e. The number of amides is 1. The number of ether oxygens (including phenoxy) is 1. The van der Waals surface area contributed by atoms with Gasteiger partial charge in [-0.15, -0.1) is 11.3 Å². The van der Waals surface area contributed by atoms with Gasteiger partial charge in [-0.3, -0.25) is 4.79 Å². The normalized spacial score (nSPS) is 14.6. The lowest BCUT2D eigenvalue weighted by Crippen LogP contribution is -2.36. The van der Waals surface area contributed by atoms with Gasteiger partial charge >= 0.3 is 0 Å². The number of benzene rings is 1. The molecule has 6 nitrogen and oxygen atoms in total. The SMILES string of the molecule is Nc1c(C(=O)Nc2ccc(N3CCOCC3)c(Cl)c2)sc2ncccc12. The number of pyridine rings is 1. The zero-order chi connectivity index (χ0) is 18.1. The molecule has 0 saturated carbocycles. The van der Waals surface area contributed by atoms with E-state index in [1.807, 2.05) is 18.2 Å². The number of thiophene rings is 1. The number of hydrogen-bond donors (Lipinski definition) is 2. The first-order valence-electron chi connectivity index (χ1n) is 8.20. The number of aromatic nitrogens is 1. The van der Waals surface area contributed by atoms with Crippen LogP contribution in [0.4, 0.5) is 17.1 Å². The molecule has 3 N–H and O–H groups in total. The Kier molecular flexibility index (Phi) is 4.67. The van der Waals surface area contributed by atoms with Crippen LogP contribution in [0.15, 0.2) is 36.5 Å². The Hall–Kier alpha value is -2.35. The van der Waals surface area contributed by atoms with Crippen molar-refractivity contribution in [3.63, 3.8) is 0 Å². The lowest BCUT2D eigenvalue weighted by molar-refractivity contribution is 0.103. The molecule has 1 aliphatic rings. The van der Waals surface area contributed by atoms with E-state index in [-0.39, 0.29) is 5.91 Å². The summed E-state index contributed by atoms with van der Waals surface area (Å²) in [5.74, 6) is -0.263. The third-order valence-corrected chi connectivity index (χ3v) is 5.70. The minimum absolute atomic E-state index is 0.263. The lowest BCUT2D eigenvalue weighted by atomic mass is 10.2. The van der Waals surface area contributed by atoms with Gasteiger partial charge in [0.15, 0.2) is 0 Å². The molecule has 2 aromatic heterocycles. The number of carbonyl (C=O) groups is 1. The Morgan fingerprint density at radius 1 is 1.31 bits per heavy atom. The molecule has 8 heteroatoms. The van der Waals surface area contributed by atoms with Gasteiger partial charge in [-0.2, -0.15) is 0 Å². The monoisotopic (exact) mass is 388 g/mol. The molecule has 134 valence electrons. The number of anilines is 3. The number of nitrogens with zero attached hydrogens (tertiary/aromatic N) is 2. The highest BCUT2D eigenvalue weighted by molar-refractivity contribution is 7.21. The minimum atomic E-state index is -0.263. The predicted molar refractivity (Wildman–Crippen MR) is 106 cm³/mol. The van der Waals surface area contributed by atoms with Crippen molar-refractivity contribution in [1.29, 1.82) is 0 Å². The van der Waals surface area contributed by atoms with E-state index in [1.54, 1.807) is 18.3 Å². The van der Waals surface area contributed by atoms with Gasteiger partial charge < -0.3 is 20.7 Å². The van der Waals surface area contributed by atoms with Crippen LogP contribution < -0.4 is 16.0 Å². The highest BCUT2D eigenvalue weighted by Gasteiger charge is 2.18. The summed E-state index contributed by atoms with van der Waals surface area (Å²) in [4.78, 5) is 20.2. The van der Waals surface area contributed by atoms with E-state index >= 15 is 0 Å². The molecule has 0 atom stereocenters. The van der Waals surface area contributed by atoms with Crippen molar-refractivity contribution < 1.29 is 9.53 Å². The van der Waals surface area contributed by atoms with Crippen molar-refractivity contribution >= 4 is 56.1 Å². The third-order valence-electron chi connectivity index (χ3n) is 4.27. The zero-order valence-corrected chi connectivity index (χ0v) is 15.4. The first-order chi connectivity index (χ1) is 12.6. The summed E-state index contributed by atoms with van der Waals surface area (Å²) in [6.45, 7) is 2.98. The van der Waals surface area contributed by atoms with E-state index in [0.29, 0.717) is 34.5 Å². The Morgan fingerprint density at radius 2 is 2.12 bits per heavy atom. The number of nitrogens with two attached hydrogens (primary N) is 1. The van der Waals surface area contributed by atoms with Crippen LogP contribution in [0.1, 0.15) is 9.67 Å². The van der Waals surface area contributed by atoms with Crippen LogP contribution in [-0.4, -0.2) is 37.2 Å². The molecule has 1 fully saturated rings. The number of rotatable bonds is 3. The van der Waals surface area contributed by atoms with Crippen molar-refractivity contribution in [2.45, 2.75) is 0 Å². The molecular formula is C18H17ClN4O2S. The van der Waals surface area contributed by atoms with Crippen LogP contribution in [0.3, 0.4) is 0 Å². The fraction of sp³-hybridized carbons (Fsp3) is 0.222. The van der Waals surface area contributed by atoms with E-state index in [4.69, 9.17) is 22.1 Å². The van der Waals surface area contributed by atoms with E-state index < -0.39 is 0 Å². The molecular weight excluding hydrogens is 372 g/mol. The Morgan fingerprint density at radius 3 is 2.85 bits per heavy atom. The van der Waals surface area contributed by atoms with Crippen molar-refractivity contribution in [2.75, 3.05) is 42.3 Å². The molecule has 3 aromatic rings. The number of halogens is 1. The van der Waals surface area contributed by atoms with Crippen LogP contribution in [0.25, 0.3) is 10.2 Å². The van der Waals surface area contributed by atoms with Gasteiger partial charge in [0.1, 0.15) is 9.71 Å². The zero-order valence-electron chi connectivity index (χ0n) is 13.9. The number of fused-ring (bicyclic) bond motifs is 1. The molecule has 1 aromatic carbocycles. The molecule has 1 amide bonds. The van der Waals surface area contributed by atoms with E-state index in [9.17, 15) is 4.79 Å². The Bertz CT molecular complexity index is 969. The average Bonchev–Trinajstić information content (AvgIpc) is 3.00. The second-order valence-electron chi connectivity index (χ2n) is 5.92. The van der Waals surface area contributed by atoms with E-state index in [0.717, 1.165) is 29.0 Å². The number of hydrogen-bond acceptors (Lipinski definition) is 6. The van der Waals surface area contributed by atoms with Gasteiger partial charge in [0.2, 0.25) is 0 Å². The summed E-state index contributed by atoms with van der Waals surface area (Å²) >= 11 is 7.70. The van der Waals surface area contributed by atoms with Gasteiger partial charge in [-0.1, -0.05) is 11.6 Å². The smallest absolute Gasteiger partial charge is 0.267 e. The molecule has 0 spiro atoms. The van der Waals surface area contributed by atoms with Crippen molar-refractivity contribution in [3.05, 3.63) is 46.4 Å². The standard InChI is InChI=1S/C18H17ClN4O2S/c19-13-10-11(3-4-14(13)23-6-8-25-9-7-23)22-17(24)16-15(20)12-2-1-5-21-18(12)26-16/h1-5,10H,6-9,20H2,(H,22,24). The molecule has 3 heterocycles. The number of nitrogen functional groups attached to an aromatic ring is 1. The van der Waals surface area contributed by atoms with Gasteiger partial charge in [0, 0.05) is 30.4 Å². The van der Waals surface area contributed by atoms with Crippen LogP contribution in [0, 0.1) is 0 Å². The van der Waals surface area contributed by atoms with Crippen LogP contribution in [0.2, 0.25) is 5.02 Å². The maximum absolute atomic E-state index is 12.6. The number of carbonyl (C=O) groups excluding carboxylic acids is 1. The summed E-state index contributed by atoms with van der Waals surface area (Å²) in [6.07, 6.45) is 1.68. The summed E-state index contributed by atoms with van der Waals surface area (Å²) in [5, 5.41) is 4.26. The molecule has 4 rings (SSSR count). The summed E-state index contributed by atoms with van der Waals surface area (Å²) < 4.78 is 5.37. The summed E-state index contributed by atoms with van der Waals surface area (Å²) in [7, 11) is 0. The Labute approximate surface area is 159 Å². The number of nitrogens with one attached hydrogen (secondary N) is 1. The minimum Gasteiger partial charge on any atom is -0.397 e. The van der Waals surface area contributed by atoms with Gasteiger partial charge in [0.25, 0.3) is 5.91 Å². The van der Waals surface area contributed by atoms with Crippen molar-refractivity contribution in [3.8, 4) is 0 Å². The highest BCUT2D eigenvalue weighted by Crippen LogP contribution is 2.33. The van der Waals surface area contributed by atoms with Gasteiger partial charge in [-0.05, 0) is 30.3 Å². The average molecular weight is 389 g/mol. The second kappa shape index (κ2) is 7.11. The molecule has 0 aliphatic carbocycles. The molecule has 0 unspecified atom stereocenters. The van der Waals surface area contributed by atoms with Crippen LogP contribution in [-0.2, 0) is 4.74 Å². The van der Waals surface area contributed by atoms with Crippen molar-refractivity contribution in [1.82, 2.24) is 4.98 Å². The quantitative estimate of drug-likeness (QED) is 0.716. The first kappa shape index (κ1) is 17.1. The molecule has 0 bridgehead atoms. The van der Waals surface area contributed by atoms with Crippen molar-refractivity contribution in [2.24, 2.45) is 0 Å². The predicted octanol–water partition coefficient (Wildman–Crippen LogP) is 3.62. The lowest BCUT2D eigenvalue weighted by Gasteiger charge is -2.29. The maximum Gasteiger partial charge on any atom is 0.267 e. The van der Waals surface area contributed by atoms with E-state index in [1.165, 1.54) is 11.3 Å². The van der Waals surface area contributed by atoms with E-state index in [2.05, 4.69) is 15.2 Å². The Balaban J connectivity index is 1.55. The first-order valence-corrected chi connectivity index (χ1v) is 9.39. The topological polar surface area (TPSA) is 80.5 Å². The third kappa shape index (κ3) is 3.21. The summed E-state index contributed by atoms with van der Waals surface area (Å²) in [6, 6.07) is 9.18. The molecule has 26 heavy (non-hydrogen) atoms. The molecule has 1 aliphatic heterocycles. The molecule has 1 saturated heterocycles. The number of morpholine rings is 1. The van der Waals surface area contributed by atoms with Crippen LogP contribution >= 0.6 is 22.9 Å². The highest BCUT2D eigenvalue weighted by atomic mass is 35.5. The van der Waals surface area contributed by atoms with Gasteiger partial charge in [0.05, 0.1) is 29.6 Å². The fourth-order valence-electron chi connectivity index (χ4n) is 2.95. The van der Waals surface area contributed by atoms with Gasteiger partial charge in [-0.25, -0.2) is 4.98 Å². The molecule has 0 radical (unpaired) electrons. The summed E-state index contributed by atoms with van der Waals surface area (Å²) in [5.41, 5.74) is 8.13.